The van der Waals surface area contributed by atoms with Gasteiger partial charge in [-0.05, 0) is 23.6 Å². The van der Waals surface area contributed by atoms with Gasteiger partial charge in [0, 0.05) is 31.6 Å². The summed E-state index contributed by atoms with van der Waals surface area (Å²) < 4.78 is 5.05. The molecule has 1 fully saturated rings. The van der Waals surface area contributed by atoms with E-state index in [0.717, 1.165) is 17.8 Å². The number of nitrogens with zero attached hydrogens (tertiary/aromatic N) is 1. The molecule has 1 aromatic carbocycles. The van der Waals surface area contributed by atoms with Crippen molar-refractivity contribution in [2.75, 3.05) is 24.4 Å². The normalized spacial score (nSPS) is 20.0. The maximum atomic E-state index is 11.8. The van der Waals surface area contributed by atoms with E-state index in [0.29, 0.717) is 18.9 Å². The first kappa shape index (κ1) is 12.4. The predicted octanol–water partition coefficient (Wildman–Crippen LogP) is 2.42. The first-order valence-corrected chi connectivity index (χ1v) is 6.22. The Balaban J connectivity index is 2.09. The zero-order valence-electron chi connectivity index (χ0n) is 9.86. The van der Waals surface area contributed by atoms with Gasteiger partial charge in [-0.15, -0.1) is 11.6 Å². The highest BCUT2D eigenvalue weighted by Crippen LogP contribution is 2.25. The monoisotopic (exact) mass is 253 g/mol. The lowest BCUT2D eigenvalue weighted by molar-refractivity contribution is -0.117. The molecular formula is C13H16ClNO2. The maximum absolute atomic E-state index is 11.8. The SMILES string of the molecule is COCc1ccc(N2CC(CCl)CC2=O)cc1. The summed E-state index contributed by atoms with van der Waals surface area (Å²) in [4.78, 5) is 13.6. The van der Waals surface area contributed by atoms with Crippen molar-refractivity contribution >= 4 is 23.2 Å². The molecule has 0 N–H and O–H groups in total. The van der Waals surface area contributed by atoms with Crippen LogP contribution in [0.1, 0.15) is 12.0 Å². The summed E-state index contributed by atoms with van der Waals surface area (Å²) in [7, 11) is 1.67. The fourth-order valence-corrected chi connectivity index (χ4v) is 2.28. The molecule has 0 aromatic heterocycles. The summed E-state index contributed by atoms with van der Waals surface area (Å²) in [5.74, 6) is 0.988. The summed E-state index contributed by atoms with van der Waals surface area (Å²) in [5.41, 5.74) is 2.05. The number of benzene rings is 1. The fourth-order valence-electron chi connectivity index (χ4n) is 2.07. The summed E-state index contributed by atoms with van der Waals surface area (Å²) in [6, 6.07) is 7.89. The van der Waals surface area contributed by atoms with Crippen molar-refractivity contribution in [1.82, 2.24) is 0 Å². The minimum absolute atomic E-state index is 0.162. The number of anilines is 1. The molecule has 1 aromatic rings. The molecule has 1 amide bonds. The van der Waals surface area contributed by atoms with Gasteiger partial charge in [0.15, 0.2) is 0 Å². The fraction of sp³-hybridized carbons (Fsp3) is 0.462. The third-order valence-corrected chi connectivity index (χ3v) is 3.42. The van der Waals surface area contributed by atoms with Crippen molar-refractivity contribution in [2.24, 2.45) is 5.92 Å². The molecule has 0 saturated carbocycles. The second-order valence-electron chi connectivity index (χ2n) is 4.33. The van der Waals surface area contributed by atoms with Gasteiger partial charge in [0.25, 0.3) is 0 Å². The van der Waals surface area contributed by atoms with Gasteiger partial charge >= 0.3 is 0 Å². The summed E-state index contributed by atoms with van der Waals surface area (Å²) in [6.07, 6.45) is 0.559. The summed E-state index contributed by atoms with van der Waals surface area (Å²) >= 11 is 5.80. The van der Waals surface area contributed by atoms with E-state index >= 15 is 0 Å². The minimum atomic E-state index is 0.162. The molecule has 17 heavy (non-hydrogen) atoms. The van der Waals surface area contributed by atoms with E-state index in [1.807, 2.05) is 29.2 Å². The van der Waals surface area contributed by atoms with Gasteiger partial charge in [-0.2, -0.15) is 0 Å². The molecule has 3 nitrogen and oxygen atoms in total. The van der Waals surface area contributed by atoms with Crippen LogP contribution in [0.3, 0.4) is 0 Å². The Morgan fingerprint density at radius 3 is 2.65 bits per heavy atom. The highest BCUT2D eigenvalue weighted by Gasteiger charge is 2.29. The number of hydrogen-bond acceptors (Lipinski definition) is 2. The Morgan fingerprint density at radius 1 is 1.41 bits per heavy atom. The van der Waals surface area contributed by atoms with Gasteiger partial charge in [-0.3, -0.25) is 4.79 Å². The predicted molar refractivity (Wildman–Crippen MR) is 68.3 cm³/mol. The standard InChI is InChI=1S/C13H16ClNO2/c1-17-9-10-2-4-12(5-3-10)15-8-11(7-14)6-13(15)16/h2-5,11H,6-9H2,1H3. The Labute approximate surface area is 106 Å². The topological polar surface area (TPSA) is 29.5 Å². The van der Waals surface area contributed by atoms with Gasteiger partial charge < -0.3 is 9.64 Å². The largest absolute Gasteiger partial charge is 0.380 e. The third kappa shape index (κ3) is 2.79. The first-order valence-electron chi connectivity index (χ1n) is 5.68. The third-order valence-electron chi connectivity index (χ3n) is 2.98. The van der Waals surface area contributed by atoms with Crippen molar-refractivity contribution in [3.8, 4) is 0 Å². The number of carbonyl (C=O) groups excluding carboxylic acids is 1. The molecular weight excluding hydrogens is 238 g/mol. The first-order chi connectivity index (χ1) is 8.24. The molecule has 0 spiro atoms. The smallest absolute Gasteiger partial charge is 0.227 e. The van der Waals surface area contributed by atoms with Crippen LogP contribution in [0, 0.1) is 5.92 Å². The molecule has 1 heterocycles. The lowest BCUT2D eigenvalue weighted by atomic mass is 10.1. The van der Waals surface area contributed by atoms with Crippen molar-refractivity contribution in [2.45, 2.75) is 13.0 Å². The minimum Gasteiger partial charge on any atom is -0.380 e. The van der Waals surface area contributed by atoms with E-state index < -0.39 is 0 Å². The quantitative estimate of drug-likeness (QED) is 0.772. The second kappa shape index (κ2) is 5.52. The molecule has 1 atom stereocenters. The average Bonchev–Trinajstić information content (AvgIpc) is 2.72. The van der Waals surface area contributed by atoms with E-state index in [-0.39, 0.29) is 11.8 Å². The number of methoxy groups -OCH3 is 1. The number of ether oxygens (including phenoxy) is 1. The van der Waals surface area contributed by atoms with Gasteiger partial charge in [0.2, 0.25) is 5.91 Å². The number of carbonyl (C=O) groups is 1. The van der Waals surface area contributed by atoms with Crippen molar-refractivity contribution in [1.29, 1.82) is 0 Å². The highest BCUT2D eigenvalue weighted by molar-refractivity contribution is 6.18. The molecule has 1 unspecified atom stereocenters. The molecule has 4 heteroatoms. The Bertz CT molecular complexity index is 391. The number of hydrogen-bond donors (Lipinski definition) is 0. The van der Waals surface area contributed by atoms with Crippen molar-refractivity contribution < 1.29 is 9.53 Å². The van der Waals surface area contributed by atoms with Crippen LogP contribution < -0.4 is 4.90 Å². The van der Waals surface area contributed by atoms with Crippen LogP contribution in [0.5, 0.6) is 0 Å². The molecule has 1 aliphatic rings. The number of alkyl halides is 1. The molecule has 1 aliphatic heterocycles. The molecule has 2 rings (SSSR count). The molecule has 0 bridgehead atoms. The van der Waals surface area contributed by atoms with E-state index in [4.69, 9.17) is 16.3 Å². The van der Waals surface area contributed by atoms with Gasteiger partial charge in [0.05, 0.1) is 6.61 Å². The molecule has 0 radical (unpaired) electrons. The van der Waals surface area contributed by atoms with E-state index in [1.54, 1.807) is 7.11 Å². The zero-order valence-corrected chi connectivity index (χ0v) is 10.6. The van der Waals surface area contributed by atoms with E-state index in [2.05, 4.69) is 0 Å². The van der Waals surface area contributed by atoms with Gasteiger partial charge in [-0.25, -0.2) is 0 Å². The molecule has 1 saturated heterocycles. The molecule has 92 valence electrons. The van der Waals surface area contributed by atoms with Crippen molar-refractivity contribution in [3.63, 3.8) is 0 Å². The zero-order chi connectivity index (χ0) is 12.3. The van der Waals surface area contributed by atoms with E-state index in [9.17, 15) is 4.79 Å². The number of rotatable bonds is 4. The van der Waals surface area contributed by atoms with Crippen molar-refractivity contribution in [3.05, 3.63) is 29.8 Å². The van der Waals surface area contributed by atoms with Crippen LogP contribution >= 0.6 is 11.6 Å². The Kier molecular flexibility index (Phi) is 4.02. The Hall–Kier alpha value is -1.06. The maximum Gasteiger partial charge on any atom is 0.227 e. The lowest BCUT2D eigenvalue weighted by Gasteiger charge is -2.16. The summed E-state index contributed by atoms with van der Waals surface area (Å²) in [6.45, 7) is 1.32. The van der Waals surface area contributed by atoms with Crippen LogP contribution in [0.25, 0.3) is 0 Å². The van der Waals surface area contributed by atoms with Gasteiger partial charge in [0.1, 0.15) is 0 Å². The Morgan fingerprint density at radius 2 is 2.12 bits per heavy atom. The van der Waals surface area contributed by atoms with E-state index in [1.165, 1.54) is 0 Å². The van der Waals surface area contributed by atoms with Crippen LogP contribution in [0.4, 0.5) is 5.69 Å². The van der Waals surface area contributed by atoms with Crippen LogP contribution in [0.2, 0.25) is 0 Å². The number of halogens is 1. The molecule has 0 aliphatic carbocycles. The van der Waals surface area contributed by atoms with Crippen LogP contribution in [0.15, 0.2) is 24.3 Å². The lowest BCUT2D eigenvalue weighted by Crippen LogP contribution is -2.24. The second-order valence-corrected chi connectivity index (χ2v) is 4.64. The van der Waals surface area contributed by atoms with Crippen LogP contribution in [-0.4, -0.2) is 25.4 Å². The highest BCUT2D eigenvalue weighted by atomic mass is 35.5. The van der Waals surface area contributed by atoms with Gasteiger partial charge in [-0.1, -0.05) is 12.1 Å². The van der Waals surface area contributed by atoms with Crippen LogP contribution in [-0.2, 0) is 16.1 Å². The average molecular weight is 254 g/mol. The summed E-state index contributed by atoms with van der Waals surface area (Å²) in [5, 5.41) is 0. The number of amides is 1.